The summed E-state index contributed by atoms with van der Waals surface area (Å²) in [6.07, 6.45) is 2.04. The number of azo groups is 1. The second-order valence-electron chi connectivity index (χ2n) is 7.83. The SMILES string of the molecule is Cc1[nH]n(CCCC(=O)O)c(=O)c1N=Nc1cccc(C2Cc3ccccc3C2)c1O. The van der Waals surface area contributed by atoms with Gasteiger partial charge in [0.1, 0.15) is 11.4 Å². The maximum absolute atomic E-state index is 12.5. The van der Waals surface area contributed by atoms with Gasteiger partial charge in [0.15, 0.2) is 5.69 Å². The number of aromatic nitrogens is 2. The van der Waals surface area contributed by atoms with Crippen molar-refractivity contribution in [2.75, 3.05) is 0 Å². The van der Waals surface area contributed by atoms with Crippen LogP contribution in [0, 0.1) is 6.92 Å². The number of nitrogens with zero attached hydrogens (tertiary/aromatic N) is 3. The molecule has 3 N–H and O–H groups in total. The molecule has 8 heteroatoms. The van der Waals surface area contributed by atoms with Gasteiger partial charge in [-0.15, -0.1) is 10.2 Å². The second kappa shape index (κ2) is 8.59. The van der Waals surface area contributed by atoms with Gasteiger partial charge in [0.2, 0.25) is 0 Å². The first-order valence-corrected chi connectivity index (χ1v) is 10.3. The molecule has 160 valence electrons. The summed E-state index contributed by atoms with van der Waals surface area (Å²) >= 11 is 0. The Labute approximate surface area is 178 Å². The van der Waals surface area contributed by atoms with Crippen molar-refractivity contribution in [2.45, 2.75) is 45.1 Å². The number of aromatic hydroxyl groups is 1. The summed E-state index contributed by atoms with van der Waals surface area (Å²) in [7, 11) is 0. The number of hydrogen-bond acceptors (Lipinski definition) is 5. The molecule has 1 aliphatic rings. The van der Waals surface area contributed by atoms with E-state index in [-0.39, 0.29) is 35.9 Å². The maximum atomic E-state index is 12.5. The summed E-state index contributed by atoms with van der Waals surface area (Å²) in [6.45, 7) is 1.96. The third-order valence-electron chi connectivity index (χ3n) is 5.67. The van der Waals surface area contributed by atoms with Crippen LogP contribution in [0.3, 0.4) is 0 Å². The number of carboxylic acids is 1. The highest BCUT2D eigenvalue weighted by Crippen LogP contribution is 2.41. The molecule has 0 atom stereocenters. The fraction of sp³-hybridized carbons (Fsp3) is 0.304. The lowest BCUT2D eigenvalue weighted by Crippen LogP contribution is -2.17. The van der Waals surface area contributed by atoms with Crippen LogP contribution in [-0.4, -0.2) is 26.0 Å². The van der Waals surface area contributed by atoms with E-state index in [1.54, 1.807) is 13.0 Å². The summed E-state index contributed by atoms with van der Waals surface area (Å²) in [5.74, 6) is -0.649. The first-order chi connectivity index (χ1) is 14.9. The van der Waals surface area contributed by atoms with Gasteiger partial charge in [-0.05, 0) is 54.9 Å². The molecule has 1 heterocycles. The van der Waals surface area contributed by atoms with Crippen molar-refractivity contribution in [3.05, 3.63) is 75.2 Å². The number of H-pyrrole nitrogens is 1. The lowest BCUT2D eigenvalue weighted by molar-refractivity contribution is -0.137. The predicted octanol–water partition coefficient (Wildman–Crippen LogP) is 4.35. The van der Waals surface area contributed by atoms with E-state index in [9.17, 15) is 14.7 Å². The largest absolute Gasteiger partial charge is 0.505 e. The van der Waals surface area contributed by atoms with Gasteiger partial charge in [-0.2, -0.15) is 0 Å². The smallest absolute Gasteiger partial charge is 0.303 e. The molecule has 0 spiro atoms. The van der Waals surface area contributed by atoms with Crippen LogP contribution >= 0.6 is 0 Å². The molecule has 0 saturated carbocycles. The van der Waals surface area contributed by atoms with E-state index in [0.717, 1.165) is 18.4 Å². The molecule has 4 rings (SSSR count). The zero-order chi connectivity index (χ0) is 22.0. The van der Waals surface area contributed by atoms with Gasteiger partial charge in [0.25, 0.3) is 5.56 Å². The van der Waals surface area contributed by atoms with Crippen LogP contribution in [0.1, 0.15) is 41.1 Å². The van der Waals surface area contributed by atoms with Crippen molar-refractivity contribution in [3.8, 4) is 5.75 Å². The Morgan fingerprint density at radius 3 is 2.52 bits per heavy atom. The molecule has 1 aliphatic carbocycles. The number of aliphatic carboxylic acids is 1. The number of hydrogen-bond donors (Lipinski definition) is 3. The van der Waals surface area contributed by atoms with Crippen LogP contribution in [-0.2, 0) is 24.2 Å². The van der Waals surface area contributed by atoms with Gasteiger partial charge in [0, 0.05) is 13.0 Å². The van der Waals surface area contributed by atoms with Crippen molar-refractivity contribution in [3.63, 3.8) is 0 Å². The summed E-state index contributed by atoms with van der Waals surface area (Å²) in [5, 5.41) is 30.7. The number of fused-ring (bicyclic) bond motifs is 1. The fourth-order valence-corrected chi connectivity index (χ4v) is 4.10. The van der Waals surface area contributed by atoms with Crippen molar-refractivity contribution in [1.29, 1.82) is 0 Å². The number of benzene rings is 2. The average Bonchev–Trinajstić information content (AvgIpc) is 3.28. The van der Waals surface area contributed by atoms with Crippen LogP contribution in [0.2, 0.25) is 0 Å². The van der Waals surface area contributed by atoms with E-state index in [0.29, 0.717) is 17.8 Å². The third kappa shape index (κ3) is 4.28. The Balaban J connectivity index is 1.54. The van der Waals surface area contributed by atoms with Crippen LogP contribution < -0.4 is 5.56 Å². The molecule has 3 aromatic rings. The van der Waals surface area contributed by atoms with E-state index >= 15 is 0 Å². The lowest BCUT2D eigenvalue weighted by atomic mass is 9.95. The molecular weight excluding hydrogens is 396 g/mol. The van der Waals surface area contributed by atoms with Crippen LogP contribution in [0.15, 0.2) is 57.5 Å². The number of rotatable bonds is 7. The molecule has 0 radical (unpaired) electrons. The van der Waals surface area contributed by atoms with Crippen LogP contribution in [0.5, 0.6) is 5.75 Å². The minimum Gasteiger partial charge on any atom is -0.505 e. The van der Waals surface area contributed by atoms with Crippen LogP contribution in [0.25, 0.3) is 0 Å². The van der Waals surface area contributed by atoms with E-state index in [1.807, 2.05) is 24.3 Å². The first kappa shape index (κ1) is 20.6. The number of phenolic OH excluding ortho intramolecular Hbond substituents is 1. The molecule has 31 heavy (non-hydrogen) atoms. The molecule has 1 aromatic heterocycles. The molecular formula is C23H24N4O4. The predicted molar refractivity (Wildman–Crippen MR) is 116 cm³/mol. The van der Waals surface area contributed by atoms with Crippen molar-refractivity contribution in [1.82, 2.24) is 9.78 Å². The molecule has 0 bridgehead atoms. The summed E-state index contributed by atoms with van der Waals surface area (Å²) in [4.78, 5) is 23.2. The fourth-order valence-electron chi connectivity index (χ4n) is 4.10. The molecule has 0 fully saturated rings. The third-order valence-corrected chi connectivity index (χ3v) is 5.67. The number of aromatic amines is 1. The second-order valence-corrected chi connectivity index (χ2v) is 7.83. The highest BCUT2D eigenvalue weighted by atomic mass is 16.4. The summed E-state index contributed by atoms with van der Waals surface area (Å²) < 4.78 is 1.33. The highest BCUT2D eigenvalue weighted by molar-refractivity contribution is 5.66. The average molecular weight is 420 g/mol. The number of nitrogens with one attached hydrogen (secondary N) is 1. The summed E-state index contributed by atoms with van der Waals surface area (Å²) in [6, 6.07) is 13.7. The molecule has 0 unspecified atom stereocenters. The lowest BCUT2D eigenvalue weighted by Gasteiger charge is -2.12. The number of para-hydroxylation sites is 1. The normalized spacial score (nSPS) is 13.7. The molecule has 0 saturated heterocycles. The van der Waals surface area contributed by atoms with Gasteiger partial charge >= 0.3 is 5.97 Å². The Bertz CT molecular complexity index is 1180. The maximum Gasteiger partial charge on any atom is 0.303 e. The topological polar surface area (TPSA) is 120 Å². The molecule has 0 aliphatic heterocycles. The van der Waals surface area contributed by atoms with E-state index in [2.05, 4.69) is 27.5 Å². The van der Waals surface area contributed by atoms with E-state index in [4.69, 9.17) is 5.11 Å². The van der Waals surface area contributed by atoms with Gasteiger partial charge < -0.3 is 10.2 Å². The molecule has 0 amide bonds. The standard InChI is InChI=1S/C23H24N4O4/c1-14-21(23(31)27(26-14)11-5-10-20(28)29)25-24-19-9-4-8-18(22(19)30)17-12-15-6-2-3-7-16(15)13-17/h2-4,6-9,17,26,30H,5,10-13H2,1H3,(H,28,29). The molecule has 8 nitrogen and oxygen atoms in total. The Hall–Kier alpha value is -3.68. The molecule has 2 aromatic carbocycles. The Morgan fingerprint density at radius 2 is 1.84 bits per heavy atom. The number of aryl methyl sites for hydroxylation is 2. The van der Waals surface area contributed by atoms with E-state index < -0.39 is 5.97 Å². The quantitative estimate of drug-likeness (QED) is 0.492. The summed E-state index contributed by atoms with van der Waals surface area (Å²) in [5.41, 5.74) is 4.04. The van der Waals surface area contributed by atoms with Gasteiger partial charge in [-0.25, -0.2) is 0 Å². The monoisotopic (exact) mass is 420 g/mol. The number of carbonyl (C=O) groups is 1. The zero-order valence-corrected chi connectivity index (χ0v) is 17.2. The van der Waals surface area contributed by atoms with Crippen molar-refractivity contribution in [2.24, 2.45) is 10.2 Å². The Kier molecular flexibility index (Phi) is 5.70. The number of carboxylic acid groups (broad SMARTS) is 1. The van der Waals surface area contributed by atoms with Gasteiger partial charge in [-0.3, -0.25) is 19.4 Å². The van der Waals surface area contributed by atoms with Crippen molar-refractivity contribution >= 4 is 17.3 Å². The zero-order valence-electron chi connectivity index (χ0n) is 17.2. The van der Waals surface area contributed by atoms with Gasteiger partial charge in [0.05, 0.1) is 5.69 Å². The van der Waals surface area contributed by atoms with Crippen LogP contribution in [0.4, 0.5) is 11.4 Å². The Morgan fingerprint density at radius 1 is 1.13 bits per heavy atom. The minimum atomic E-state index is -0.906. The highest BCUT2D eigenvalue weighted by Gasteiger charge is 2.25. The number of phenols is 1. The minimum absolute atomic E-state index is 0.0208. The first-order valence-electron chi connectivity index (χ1n) is 10.3. The van der Waals surface area contributed by atoms with Gasteiger partial charge in [-0.1, -0.05) is 36.4 Å². The van der Waals surface area contributed by atoms with Crippen molar-refractivity contribution < 1.29 is 15.0 Å². The van der Waals surface area contributed by atoms with E-state index in [1.165, 1.54) is 15.8 Å².